The Kier molecular flexibility index (Phi) is 6.31. The minimum atomic E-state index is 0.00236. The number of carbonyl (C=O) groups excluding carboxylic acids is 2. The molecule has 1 N–H and O–H groups in total. The average Bonchev–Trinajstić information content (AvgIpc) is 2.75. The number of fused-ring (bicyclic) bond motifs is 4. The molecule has 30 heavy (non-hydrogen) atoms. The van der Waals surface area contributed by atoms with Crippen LogP contribution in [-0.4, -0.2) is 40.9 Å². The maximum Gasteiger partial charge on any atom is 0.250 e. The summed E-state index contributed by atoms with van der Waals surface area (Å²) in [6, 6.07) is 15.5. The molecule has 2 aliphatic rings. The SMILES string of the molecule is O=C(CCCC(=O)N1CC2CC(C1)c1cccc(=O)n1C2)NCCc1ccccc1. The number of benzene rings is 1. The summed E-state index contributed by atoms with van der Waals surface area (Å²) >= 11 is 0. The van der Waals surface area contributed by atoms with E-state index in [4.69, 9.17) is 0 Å². The highest BCUT2D eigenvalue weighted by Gasteiger charge is 2.35. The van der Waals surface area contributed by atoms with Crippen LogP contribution >= 0.6 is 0 Å². The highest BCUT2D eigenvalue weighted by Crippen LogP contribution is 2.35. The molecule has 1 aromatic heterocycles. The average molecular weight is 408 g/mol. The number of rotatable bonds is 7. The molecule has 2 aliphatic heterocycles. The van der Waals surface area contributed by atoms with Crippen LogP contribution in [0.2, 0.25) is 0 Å². The van der Waals surface area contributed by atoms with Gasteiger partial charge in [0.05, 0.1) is 0 Å². The molecule has 0 saturated carbocycles. The number of aromatic nitrogens is 1. The van der Waals surface area contributed by atoms with Gasteiger partial charge in [0.2, 0.25) is 11.8 Å². The van der Waals surface area contributed by atoms with Gasteiger partial charge in [-0.3, -0.25) is 14.4 Å². The van der Waals surface area contributed by atoms with Crippen LogP contribution in [0.25, 0.3) is 0 Å². The van der Waals surface area contributed by atoms with Crippen LogP contribution in [0.3, 0.4) is 0 Å². The van der Waals surface area contributed by atoms with Crippen LogP contribution < -0.4 is 10.9 Å². The molecule has 2 aromatic rings. The fourth-order valence-corrected chi connectivity index (χ4v) is 4.74. The molecule has 1 aromatic carbocycles. The first-order valence-electron chi connectivity index (χ1n) is 10.9. The van der Waals surface area contributed by atoms with Crippen LogP contribution in [0, 0.1) is 5.92 Å². The summed E-state index contributed by atoms with van der Waals surface area (Å²) < 4.78 is 1.88. The fourth-order valence-electron chi connectivity index (χ4n) is 4.74. The minimum Gasteiger partial charge on any atom is -0.356 e. The van der Waals surface area contributed by atoms with Crippen molar-refractivity contribution in [2.45, 2.75) is 44.6 Å². The molecule has 0 aliphatic carbocycles. The first-order chi connectivity index (χ1) is 14.6. The van der Waals surface area contributed by atoms with Gasteiger partial charge in [0.1, 0.15) is 0 Å². The number of carbonyl (C=O) groups is 2. The molecule has 2 amide bonds. The van der Waals surface area contributed by atoms with Crippen molar-refractivity contribution in [1.82, 2.24) is 14.8 Å². The third-order valence-corrected chi connectivity index (χ3v) is 6.21. The summed E-state index contributed by atoms with van der Waals surface area (Å²) in [4.78, 5) is 38.8. The number of amides is 2. The zero-order valence-corrected chi connectivity index (χ0v) is 17.3. The van der Waals surface area contributed by atoms with Crippen LogP contribution in [0.4, 0.5) is 0 Å². The lowest BCUT2D eigenvalue weighted by Gasteiger charge is -2.42. The Hall–Kier alpha value is -2.89. The van der Waals surface area contributed by atoms with Crippen molar-refractivity contribution in [3.63, 3.8) is 0 Å². The number of pyridine rings is 1. The van der Waals surface area contributed by atoms with E-state index in [-0.39, 0.29) is 23.3 Å². The van der Waals surface area contributed by atoms with Crippen molar-refractivity contribution >= 4 is 11.8 Å². The molecule has 0 radical (unpaired) electrons. The predicted octanol–water partition coefficient (Wildman–Crippen LogP) is 2.32. The van der Waals surface area contributed by atoms with E-state index in [0.29, 0.717) is 51.4 Å². The Morgan fingerprint density at radius 2 is 1.80 bits per heavy atom. The Bertz CT molecular complexity index is 954. The predicted molar refractivity (Wildman–Crippen MR) is 115 cm³/mol. The first kappa shape index (κ1) is 20.4. The molecule has 0 spiro atoms. The Labute approximate surface area is 176 Å². The fraction of sp³-hybridized carbons (Fsp3) is 0.458. The second-order valence-corrected chi connectivity index (χ2v) is 8.44. The van der Waals surface area contributed by atoms with E-state index >= 15 is 0 Å². The van der Waals surface area contributed by atoms with Gasteiger partial charge in [0.25, 0.3) is 5.56 Å². The molecule has 158 valence electrons. The lowest BCUT2D eigenvalue weighted by molar-refractivity contribution is -0.134. The van der Waals surface area contributed by atoms with Crippen LogP contribution in [-0.2, 0) is 22.6 Å². The van der Waals surface area contributed by atoms with Crippen molar-refractivity contribution in [2.75, 3.05) is 19.6 Å². The van der Waals surface area contributed by atoms with Crippen molar-refractivity contribution in [3.05, 3.63) is 70.1 Å². The van der Waals surface area contributed by atoms with Crippen molar-refractivity contribution in [2.24, 2.45) is 5.92 Å². The zero-order valence-electron chi connectivity index (χ0n) is 17.3. The van der Waals surface area contributed by atoms with E-state index in [0.717, 1.165) is 18.5 Å². The standard InChI is InChI=1S/C24H29N3O3/c28-22(25-13-12-18-6-2-1-3-7-18)9-5-10-23(29)26-15-19-14-20(17-26)21-8-4-11-24(30)27(21)16-19/h1-4,6-8,11,19-20H,5,9-10,12-17H2,(H,25,28). The maximum atomic E-state index is 12.7. The van der Waals surface area contributed by atoms with Crippen LogP contribution in [0.15, 0.2) is 53.3 Å². The van der Waals surface area contributed by atoms with E-state index in [1.54, 1.807) is 6.07 Å². The highest BCUT2D eigenvalue weighted by molar-refractivity contribution is 5.79. The van der Waals surface area contributed by atoms with E-state index in [9.17, 15) is 14.4 Å². The molecule has 6 nitrogen and oxygen atoms in total. The number of hydrogen-bond acceptors (Lipinski definition) is 3. The summed E-state index contributed by atoms with van der Waals surface area (Å²) in [7, 11) is 0. The number of piperidine rings is 1. The van der Waals surface area contributed by atoms with Gasteiger partial charge >= 0.3 is 0 Å². The third-order valence-electron chi connectivity index (χ3n) is 6.21. The topological polar surface area (TPSA) is 71.4 Å². The number of nitrogens with zero attached hydrogens (tertiary/aromatic N) is 2. The Balaban J connectivity index is 1.20. The molecule has 3 heterocycles. The number of nitrogens with one attached hydrogen (secondary N) is 1. The smallest absolute Gasteiger partial charge is 0.250 e. The second kappa shape index (κ2) is 9.28. The quantitative estimate of drug-likeness (QED) is 0.766. The lowest BCUT2D eigenvalue weighted by atomic mass is 9.83. The Morgan fingerprint density at radius 1 is 0.967 bits per heavy atom. The van der Waals surface area contributed by atoms with Gasteiger partial charge in [-0.15, -0.1) is 0 Å². The van der Waals surface area contributed by atoms with Gasteiger partial charge in [-0.2, -0.15) is 0 Å². The van der Waals surface area contributed by atoms with Gasteiger partial charge in [0, 0.05) is 56.7 Å². The summed E-state index contributed by atoms with van der Waals surface area (Å²) in [5.41, 5.74) is 2.31. The highest BCUT2D eigenvalue weighted by atomic mass is 16.2. The van der Waals surface area contributed by atoms with Gasteiger partial charge in [-0.05, 0) is 36.8 Å². The van der Waals surface area contributed by atoms with Crippen molar-refractivity contribution in [3.8, 4) is 0 Å². The van der Waals surface area contributed by atoms with Crippen LogP contribution in [0.5, 0.6) is 0 Å². The molecule has 1 saturated heterocycles. The zero-order chi connectivity index (χ0) is 20.9. The van der Waals surface area contributed by atoms with Crippen molar-refractivity contribution in [1.29, 1.82) is 0 Å². The number of likely N-dealkylation sites (tertiary alicyclic amines) is 1. The largest absolute Gasteiger partial charge is 0.356 e. The molecule has 2 unspecified atom stereocenters. The van der Waals surface area contributed by atoms with E-state index in [1.807, 2.05) is 51.9 Å². The minimum absolute atomic E-state index is 0.00236. The van der Waals surface area contributed by atoms with Crippen molar-refractivity contribution < 1.29 is 9.59 Å². The maximum absolute atomic E-state index is 12.7. The number of hydrogen-bond donors (Lipinski definition) is 1. The lowest BCUT2D eigenvalue weighted by Crippen LogP contribution is -2.49. The molecule has 4 rings (SSSR count). The Morgan fingerprint density at radius 3 is 2.63 bits per heavy atom. The van der Waals surface area contributed by atoms with Crippen LogP contribution in [0.1, 0.15) is 42.9 Å². The molecule has 2 bridgehead atoms. The second-order valence-electron chi connectivity index (χ2n) is 8.44. The van der Waals surface area contributed by atoms with Gasteiger partial charge in [-0.1, -0.05) is 36.4 Å². The van der Waals surface area contributed by atoms with Gasteiger partial charge in [0.15, 0.2) is 0 Å². The molecular formula is C24H29N3O3. The summed E-state index contributed by atoms with van der Waals surface area (Å²) in [5, 5.41) is 2.94. The first-order valence-corrected chi connectivity index (χ1v) is 10.9. The summed E-state index contributed by atoms with van der Waals surface area (Å²) in [5.74, 6) is 0.689. The van der Waals surface area contributed by atoms with Gasteiger partial charge < -0.3 is 14.8 Å². The monoisotopic (exact) mass is 407 g/mol. The molecule has 1 fully saturated rings. The van der Waals surface area contributed by atoms with E-state index < -0.39 is 0 Å². The third kappa shape index (κ3) is 4.81. The van der Waals surface area contributed by atoms with E-state index in [2.05, 4.69) is 5.32 Å². The van der Waals surface area contributed by atoms with Gasteiger partial charge in [-0.25, -0.2) is 0 Å². The molecule has 2 atom stereocenters. The normalized spacial score (nSPS) is 19.8. The molecular weight excluding hydrogens is 378 g/mol. The molecule has 6 heteroatoms. The summed E-state index contributed by atoms with van der Waals surface area (Å²) in [6.45, 7) is 2.69. The van der Waals surface area contributed by atoms with E-state index in [1.165, 1.54) is 5.56 Å². The summed E-state index contributed by atoms with van der Waals surface area (Å²) in [6.07, 6.45) is 3.19.